The molecule has 0 spiro atoms. The quantitative estimate of drug-likeness (QED) is 0.320. The lowest BCUT2D eigenvalue weighted by Gasteiger charge is -2.23. The van der Waals surface area contributed by atoms with E-state index >= 15 is 0 Å². The third-order valence-electron chi connectivity index (χ3n) is 5.01. The molecule has 0 saturated carbocycles. The fraction of sp³-hybridized carbons (Fsp3) is 0.231. The standard InChI is InChI=1S/C26H27N3O3S/c1-4-31-22-15-10-16-23-24(22)27-26(33-23)29(18-17-28(2)3)25(30)20-13-8-9-14-21(20)32-19-11-6-5-7-12-19/h5-16H,4,17-18H2,1-3H3. The number of nitrogens with zero attached hydrogens (tertiary/aromatic N) is 3. The Balaban J connectivity index is 1.72. The predicted octanol–water partition coefficient (Wildman–Crippen LogP) is 5.70. The van der Waals surface area contributed by atoms with E-state index in [1.54, 1.807) is 11.0 Å². The highest BCUT2D eigenvalue weighted by Crippen LogP contribution is 2.35. The number of aromatic nitrogens is 1. The average Bonchev–Trinajstić information content (AvgIpc) is 3.25. The Morgan fingerprint density at radius 3 is 2.39 bits per heavy atom. The van der Waals surface area contributed by atoms with E-state index in [1.165, 1.54) is 11.3 Å². The molecule has 0 radical (unpaired) electrons. The maximum absolute atomic E-state index is 13.8. The van der Waals surface area contributed by atoms with Crippen molar-refractivity contribution in [3.8, 4) is 17.2 Å². The van der Waals surface area contributed by atoms with Crippen LogP contribution in [0.5, 0.6) is 17.2 Å². The van der Waals surface area contributed by atoms with Crippen LogP contribution in [0.25, 0.3) is 10.2 Å². The molecule has 6 nitrogen and oxygen atoms in total. The van der Waals surface area contributed by atoms with Gasteiger partial charge in [-0.3, -0.25) is 9.69 Å². The summed E-state index contributed by atoms with van der Waals surface area (Å²) in [5.41, 5.74) is 1.26. The van der Waals surface area contributed by atoms with Gasteiger partial charge in [-0.25, -0.2) is 4.98 Å². The second-order valence-electron chi connectivity index (χ2n) is 7.70. The van der Waals surface area contributed by atoms with Crippen LogP contribution in [0.15, 0.2) is 72.8 Å². The zero-order valence-electron chi connectivity index (χ0n) is 19.0. The highest BCUT2D eigenvalue weighted by atomic mass is 32.1. The number of thiazole rings is 1. The summed E-state index contributed by atoms with van der Waals surface area (Å²) in [6.07, 6.45) is 0. The first-order chi connectivity index (χ1) is 16.1. The van der Waals surface area contributed by atoms with Gasteiger partial charge in [-0.2, -0.15) is 0 Å². The van der Waals surface area contributed by atoms with E-state index in [0.717, 1.165) is 16.0 Å². The van der Waals surface area contributed by atoms with Crippen LogP contribution in [-0.2, 0) is 0 Å². The normalized spacial score (nSPS) is 11.0. The number of rotatable bonds is 9. The summed E-state index contributed by atoms with van der Waals surface area (Å²) >= 11 is 1.48. The molecular weight excluding hydrogens is 434 g/mol. The smallest absolute Gasteiger partial charge is 0.263 e. The van der Waals surface area contributed by atoms with Crippen LogP contribution in [0.2, 0.25) is 0 Å². The first-order valence-electron chi connectivity index (χ1n) is 10.9. The molecule has 0 aliphatic rings. The van der Waals surface area contributed by atoms with Gasteiger partial charge in [-0.1, -0.05) is 47.7 Å². The molecule has 170 valence electrons. The lowest BCUT2D eigenvalue weighted by Crippen LogP contribution is -2.36. The Morgan fingerprint density at radius 1 is 0.909 bits per heavy atom. The number of benzene rings is 3. The van der Waals surface area contributed by atoms with Crippen molar-refractivity contribution in [2.24, 2.45) is 0 Å². The largest absolute Gasteiger partial charge is 0.492 e. The van der Waals surface area contributed by atoms with Gasteiger partial charge < -0.3 is 14.4 Å². The zero-order chi connectivity index (χ0) is 23.2. The molecule has 7 heteroatoms. The van der Waals surface area contributed by atoms with Gasteiger partial charge in [-0.15, -0.1) is 0 Å². The van der Waals surface area contributed by atoms with Crippen LogP contribution >= 0.6 is 11.3 Å². The Bertz CT molecular complexity index is 1220. The molecule has 0 bridgehead atoms. The number of anilines is 1. The average molecular weight is 462 g/mol. The third-order valence-corrected chi connectivity index (χ3v) is 6.05. The third kappa shape index (κ3) is 5.32. The van der Waals surface area contributed by atoms with Crippen molar-refractivity contribution < 1.29 is 14.3 Å². The number of hydrogen-bond acceptors (Lipinski definition) is 6. The maximum atomic E-state index is 13.8. The molecule has 0 aliphatic carbocycles. The molecule has 0 N–H and O–H groups in total. The molecule has 33 heavy (non-hydrogen) atoms. The van der Waals surface area contributed by atoms with Crippen molar-refractivity contribution in [3.63, 3.8) is 0 Å². The van der Waals surface area contributed by atoms with Crippen molar-refractivity contribution in [1.29, 1.82) is 0 Å². The van der Waals surface area contributed by atoms with Crippen molar-refractivity contribution in [2.45, 2.75) is 6.92 Å². The maximum Gasteiger partial charge on any atom is 0.263 e. The minimum Gasteiger partial charge on any atom is -0.492 e. The van der Waals surface area contributed by atoms with Crippen LogP contribution in [-0.4, -0.2) is 49.6 Å². The van der Waals surface area contributed by atoms with Crippen LogP contribution in [0.3, 0.4) is 0 Å². The minimum absolute atomic E-state index is 0.152. The van der Waals surface area contributed by atoms with Gasteiger partial charge in [0.25, 0.3) is 5.91 Å². The number of carbonyl (C=O) groups excluding carboxylic acids is 1. The van der Waals surface area contributed by atoms with E-state index in [0.29, 0.717) is 41.9 Å². The van der Waals surface area contributed by atoms with Crippen LogP contribution in [0, 0.1) is 0 Å². The van der Waals surface area contributed by atoms with Crippen LogP contribution < -0.4 is 14.4 Å². The summed E-state index contributed by atoms with van der Waals surface area (Å²) in [7, 11) is 3.97. The Morgan fingerprint density at radius 2 is 1.64 bits per heavy atom. The molecule has 4 aromatic rings. The van der Waals surface area contributed by atoms with Gasteiger partial charge in [0.1, 0.15) is 22.8 Å². The monoisotopic (exact) mass is 461 g/mol. The molecule has 0 aliphatic heterocycles. The van der Waals surface area contributed by atoms with Gasteiger partial charge in [0.05, 0.1) is 16.9 Å². The Labute approximate surface area is 198 Å². The van der Waals surface area contributed by atoms with E-state index in [4.69, 9.17) is 14.5 Å². The molecule has 0 unspecified atom stereocenters. The number of amides is 1. The highest BCUT2D eigenvalue weighted by molar-refractivity contribution is 7.22. The first kappa shape index (κ1) is 22.8. The molecule has 1 amide bonds. The van der Waals surface area contributed by atoms with Crippen molar-refractivity contribution >= 4 is 32.6 Å². The summed E-state index contributed by atoms with van der Waals surface area (Å²) in [6, 6.07) is 22.7. The van der Waals surface area contributed by atoms with E-state index in [2.05, 4.69) is 0 Å². The topological polar surface area (TPSA) is 54.9 Å². The molecule has 4 rings (SSSR count). The predicted molar refractivity (Wildman–Crippen MR) is 134 cm³/mol. The summed E-state index contributed by atoms with van der Waals surface area (Å²) in [4.78, 5) is 22.4. The van der Waals surface area contributed by atoms with Gasteiger partial charge >= 0.3 is 0 Å². The van der Waals surface area contributed by atoms with Crippen molar-refractivity contribution in [2.75, 3.05) is 38.7 Å². The number of hydrogen-bond donors (Lipinski definition) is 0. The highest BCUT2D eigenvalue weighted by Gasteiger charge is 2.25. The fourth-order valence-electron chi connectivity index (χ4n) is 3.38. The molecular formula is C26H27N3O3S. The molecule has 0 saturated heterocycles. The van der Waals surface area contributed by atoms with Gasteiger partial charge in [0, 0.05) is 13.1 Å². The number of likely N-dealkylation sites (N-methyl/N-ethyl adjacent to an activating group) is 1. The molecule has 3 aromatic carbocycles. The molecule has 0 fully saturated rings. The fourth-order valence-corrected chi connectivity index (χ4v) is 4.38. The molecule has 1 aromatic heterocycles. The number of para-hydroxylation sites is 3. The van der Waals surface area contributed by atoms with Crippen molar-refractivity contribution in [1.82, 2.24) is 9.88 Å². The minimum atomic E-state index is -0.152. The van der Waals surface area contributed by atoms with Crippen molar-refractivity contribution in [3.05, 3.63) is 78.4 Å². The summed E-state index contributed by atoms with van der Waals surface area (Å²) < 4.78 is 12.8. The Hall–Kier alpha value is -3.42. The zero-order valence-corrected chi connectivity index (χ0v) is 19.8. The number of carbonyl (C=O) groups is 1. The second kappa shape index (κ2) is 10.5. The summed E-state index contributed by atoms with van der Waals surface area (Å²) in [5, 5.41) is 0.638. The SMILES string of the molecule is CCOc1cccc2sc(N(CCN(C)C)C(=O)c3ccccc3Oc3ccccc3)nc12. The lowest BCUT2D eigenvalue weighted by molar-refractivity contribution is 0.0983. The van der Waals surface area contributed by atoms with Gasteiger partial charge in [0.15, 0.2) is 5.13 Å². The van der Waals surface area contributed by atoms with E-state index < -0.39 is 0 Å². The van der Waals surface area contributed by atoms with Gasteiger partial charge in [-0.05, 0) is 57.4 Å². The number of fused-ring (bicyclic) bond motifs is 1. The molecule has 0 atom stereocenters. The van der Waals surface area contributed by atoms with E-state index in [9.17, 15) is 4.79 Å². The lowest BCUT2D eigenvalue weighted by atomic mass is 10.1. The van der Waals surface area contributed by atoms with Gasteiger partial charge in [0.2, 0.25) is 0 Å². The summed E-state index contributed by atoms with van der Waals surface area (Å²) in [5.74, 6) is 1.77. The van der Waals surface area contributed by atoms with Crippen LogP contribution in [0.1, 0.15) is 17.3 Å². The second-order valence-corrected chi connectivity index (χ2v) is 8.71. The first-order valence-corrected chi connectivity index (χ1v) is 11.7. The number of ether oxygens (including phenoxy) is 2. The van der Waals surface area contributed by atoms with Crippen LogP contribution in [0.4, 0.5) is 5.13 Å². The van der Waals surface area contributed by atoms with E-state index in [1.807, 2.05) is 92.6 Å². The summed E-state index contributed by atoms with van der Waals surface area (Å²) in [6.45, 7) is 3.69. The Kier molecular flexibility index (Phi) is 7.22. The van der Waals surface area contributed by atoms with E-state index in [-0.39, 0.29) is 5.91 Å². The molecule has 1 heterocycles.